The van der Waals surface area contributed by atoms with Crippen LogP contribution >= 0.6 is 0 Å². The molecule has 2 rings (SSSR count). The van der Waals surface area contributed by atoms with Crippen molar-refractivity contribution in [1.82, 2.24) is 15.6 Å². The summed E-state index contributed by atoms with van der Waals surface area (Å²) >= 11 is 0. The summed E-state index contributed by atoms with van der Waals surface area (Å²) in [7, 11) is 0. The van der Waals surface area contributed by atoms with Crippen LogP contribution in [0.25, 0.3) is 0 Å². The van der Waals surface area contributed by atoms with Gasteiger partial charge < -0.3 is 10.6 Å². The number of carbonyl (C=O) groups excluding carboxylic acids is 1. The molecule has 1 fully saturated rings. The van der Waals surface area contributed by atoms with E-state index < -0.39 is 0 Å². The van der Waals surface area contributed by atoms with Gasteiger partial charge in [-0.15, -0.1) is 0 Å². The van der Waals surface area contributed by atoms with Gasteiger partial charge in [-0.05, 0) is 38.4 Å². The van der Waals surface area contributed by atoms with Crippen molar-refractivity contribution in [2.75, 3.05) is 6.54 Å². The quantitative estimate of drug-likeness (QED) is 0.819. The summed E-state index contributed by atoms with van der Waals surface area (Å²) in [5.74, 6) is 0.228. The van der Waals surface area contributed by atoms with E-state index in [-0.39, 0.29) is 17.9 Å². The highest BCUT2D eigenvalue weighted by Gasteiger charge is 2.29. The fourth-order valence-corrected chi connectivity index (χ4v) is 2.22. The number of aryl methyl sites for hydroxylation is 1. The van der Waals surface area contributed by atoms with E-state index in [1.807, 2.05) is 19.1 Å². The van der Waals surface area contributed by atoms with E-state index in [1.165, 1.54) is 0 Å². The smallest absolute Gasteiger partial charge is 0.225 e. The fraction of sp³-hybridized carbons (Fsp3) is 0.538. The van der Waals surface area contributed by atoms with Crippen molar-refractivity contribution in [3.8, 4) is 0 Å². The molecule has 1 amide bonds. The molecule has 0 saturated carbocycles. The van der Waals surface area contributed by atoms with Gasteiger partial charge in [0.15, 0.2) is 0 Å². The van der Waals surface area contributed by atoms with Crippen LogP contribution in [0, 0.1) is 12.8 Å². The summed E-state index contributed by atoms with van der Waals surface area (Å²) in [4.78, 5) is 16.2. The van der Waals surface area contributed by atoms with Crippen molar-refractivity contribution in [3.63, 3.8) is 0 Å². The lowest BCUT2D eigenvalue weighted by Crippen LogP contribution is -2.36. The van der Waals surface area contributed by atoms with E-state index in [0.717, 1.165) is 24.2 Å². The minimum Gasteiger partial charge on any atom is -0.350 e. The van der Waals surface area contributed by atoms with E-state index in [1.54, 1.807) is 6.20 Å². The first-order valence-corrected chi connectivity index (χ1v) is 6.10. The minimum atomic E-state index is 0.0963. The molecule has 0 aliphatic carbocycles. The Bertz CT molecular complexity index is 405. The van der Waals surface area contributed by atoms with E-state index in [0.29, 0.717) is 6.54 Å². The molecule has 0 bridgehead atoms. The van der Waals surface area contributed by atoms with E-state index in [9.17, 15) is 4.79 Å². The predicted octanol–water partition coefficient (Wildman–Crippen LogP) is 1.00. The fourth-order valence-electron chi connectivity index (χ4n) is 2.22. The van der Waals surface area contributed by atoms with Crippen LogP contribution in [0.3, 0.4) is 0 Å². The molecule has 1 aromatic heterocycles. The van der Waals surface area contributed by atoms with Crippen molar-refractivity contribution >= 4 is 5.91 Å². The Morgan fingerprint density at radius 3 is 3.12 bits per heavy atom. The van der Waals surface area contributed by atoms with Crippen molar-refractivity contribution < 1.29 is 4.79 Å². The van der Waals surface area contributed by atoms with E-state index in [4.69, 9.17) is 0 Å². The lowest BCUT2D eigenvalue weighted by Gasteiger charge is -2.15. The molecule has 92 valence electrons. The molecule has 2 N–H and O–H groups in total. The number of hydrogen-bond acceptors (Lipinski definition) is 3. The lowest BCUT2D eigenvalue weighted by atomic mass is 10.0. The second kappa shape index (κ2) is 5.27. The van der Waals surface area contributed by atoms with Crippen LogP contribution in [0.1, 0.15) is 24.6 Å². The molecule has 2 unspecified atom stereocenters. The molecule has 1 aromatic rings. The van der Waals surface area contributed by atoms with Gasteiger partial charge in [0.2, 0.25) is 5.91 Å². The zero-order chi connectivity index (χ0) is 12.3. The molecule has 1 aliphatic heterocycles. The van der Waals surface area contributed by atoms with Crippen LogP contribution in [-0.2, 0) is 11.3 Å². The van der Waals surface area contributed by atoms with Gasteiger partial charge in [0.05, 0.1) is 18.2 Å². The van der Waals surface area contributed by atoms with Crippen molar-refractivity contribution in [1.29, 1.82) is 0 Å². The van der Waals surface area contributed by atoms with Crippen LogP contribution in [0.2, 0.25) is 0 Å². The highest BCUT2D eigenvalue weighted by Crippen LogP contribution is 2.15. The average Bonchev–Trinajstić information content (AvgIpc) is 2.74. The highest BCUT2D eigenvalue weighted by atomic mass is 16.1. The standard InChI is InChI=1S/C13H19N3O/c1-9-4-3-6-15-12(9)8-16-13(17)11-5-7-14-10(11)2/h3-4,6,10-11,14H,5,7-8H2,1-2H3,(H,16,17). The maximum atomic E-state index is 12.0. The molecule has 2 heterocycles. The molecular weight excluding hydrogens is 214 g/mol. The number of nitrogens with zero attached hydrogens (tertiary/aromatic N) is 1. The van der Waals surface area contributed by atoms with Crippen molar-refractivity contribution in [2.45, 2.75) is 32.9 Å². The van der Waals surface area contributed by atoms with Crippen LogP contribution in [0.5, 0.6) is 0 Å². The van der Waals surface area contributed by atoms with Crippen LogP contribution in [-0.4, -0.2) is 23.5 Å². The number of hydrogen-bond donors (Lipinski definition) is 2. The third-order valence-corrected chi connectivity index (χ3v) is 3.41. The summed E-state index contributed by atoms with van der Waals surface area (Å²) in [6.07, 6.45) is 2.68. The molecule has 2 atom stereocenters. The number of nitrogens with one attached hydrogen (secondary N) is 2. The Hall–Kier alpha value is -1.42. The number of carbonyl (C=O) groups is 1. The number of pyridine rings is 1. The van der Waals surface area contributed by atoms with Gasteiger partial charge in [-0.1, -0.05) is 6.07 Å². The first kappa shape index (κ1) is 12.0. The Balaban J connectivity index is 1.90. The molecule has 0 radical (unpaired) electrons. The number of amides is 1. The second-order valence-corrected chi connectivity index (χ2v) is 4.62. The molecule has 4 nitrogen and oxygen atoms in total. The van der Waals surface area contributed by atoms with Crippen molar-refractivity contribution in [3.05, 3.63) is 29.6 Å². The number of aromatic nitrogens is 1. The molecular formula is C13H19N3O. The maximum Gasteiger partial charge on any atom is 0.225 e. The molecule has 1 aliphatic rings. The van der Waals surface area contributed by atoms with Gasteiger partial charge in [-0.2, -0.15) is 0 Å². The maximum absolute atomic E-state index is 12.0. The van der Waals surface area contributed by atoms with Gasteiger partial charge in [0, 0.05) is 12.2 Å². The monoisotopic (exact) mass is 233 g/mol. The first-order valence-electron chi connectivity index (χ1n) is 6.10. The zero-order valence-electron chi connectivity index (χ0n) is 10.4. The topological polar surface area (TPSA) is 54.0 Å². The van der Waals surface area contributed by atoms with Gasteiger partial charge in [-0.25, -0.2) is 0 Å². The Labute approximate surface area is 102 Å². The molecule has 0 aromatic carbocycles. The summed E-state index contributed by atoms with van der Waals surface area (Å²) < 4.78 is 0. The molecule has 0 spiro atoms. The Morgan fingerprint density at radius 2 is 2.47 bits per heavy atom. The van der Waals surface area contributed by atoms with Crippen molar-refractivity contribution in [2.24, 2.45) is 5.92 Å². The van der Waals surface area contributed by atoms with E-state index in [2.05, 4.69) is 22.5 Å². The largest absolute Gasteiger partial charge is 0.350 e. The highest BCUT2D eigenvalue weighted by molar-refractivity contribution is 5.79. The number of rotatable bonds is 3. The van der Waals surface area contributed by atoms with Gasteiger partial charge in [0.1, 0.15) is 0 Å². The summed E-state index contributed by atoms with van der Waals surface area (Å²) in [5, 5.41) is 6.25. The van der Waals surface area contributed by atoms with Crippen LogP contribution in [0.15, 0.2) is 18.3 Å². The SMILES string of the molecule is Cc1cccnc1CNC(=O)C1CCNC1C. The van der Waals surface area contributed by atoms with Gasteiger partial charge in [0.25, 0.3) is 0 Å². The van der Waals surface area contributed by atoms with Gasteiger partial charge >= 0.3 is 0 Å². The Kier molecular flexibility index (Phi) is 3.74. The van der Waals surface area contributed by atoms with Crippen LogP contribution < -0.4 is 10.6 Å². The molecule has 17 heavy (non-hydrogen) atoms. The molecule has 1 saturated heterocycles. The molecule has 4 heteroatoms. The normalized spacial score (nSPS) is 23.6. The minimum absolute atomic E-state index is 0.0963. The Morgan fingerprint density at radius 1 is 1.65 bits per heavy atom. The van der Waals surface area contributed by atoms with Crippen LogP contribution in [0.4, 0.5) is 0 Å². The average molecular weight is 233 g/mol. The predicted molar refractivity (Wildman–Crippen MR) is 66.4 cm³/mol. The summed E-state index contributed by atoms with van der Waals surface area (Å²) in [6.45, 7) is 5.52. The third-order valence-electron chi connectivity index (χ3n) is 3.41. The zero-order valence-corrected chi connectivity index (χ0v) is 10.4. The van der Waals surface area contributed by atoms with Gasteiger partial charge in [-0.3, -0.25) is 9.78 Å². The lowest BCUT2D eigenvalue weighted by molar-refractivity contribution is -0.125. The third kappa shape index (κ3) is 2.82. The second-order valence-electron chi connectivity index (χ2n) is 4.62. The van der Waals surface area contributed by atoms with E-state index >= 15 is 0 Å². The summed E-state index contributed by atoms with van der Waals surface area (Å²) in [5.41, 5.74) is 2.06. The summed E-state index contributed by atoms with van der Waals surface area (Å²) in [6, 6.07) is 4.19. The first-order chi connectivity index (χ1) is 8.18.